The fraction of sp³-hybridized carbons (Fsp3) is 0.727. The summed E-state index contributed by atoms with van der Waals surface area (Å²) in [5.41, 5.74) is -11.0. The molecule has 0 amide bonds. The maximum absolute atomic E-state index is 12.7. The minimum Gasteiger partial charge on any atom is -0.371 e. The van der Waals surface area contributed by atoms with Crippen LogP contribution < -0.4 is 4.57 Å². The van der Waals surface area contributed by atoms with E-state index in [4.69, 9.17) is 33.4 Å². The minimum absolute atomic E-state index is 0.185. The summed E-state index contributed by atoms with van der Waals surface area (Å²) in [4.78, 5) is 0. The standard InChI is InChI=1S/C11H7Cl2F12N2O2/c12-4-5(13)27(2-7(29,10(20,21)22)11(23,24)25)3-26(4)1-6(28,8(14,15)16)9(17,18)19/h3,28-29H,1-2H2/q+1. The predicted octanol–water partition coefficient (Wildman–Crippen LogP) is 3.79. The molecule has 0 fully saturated rings. The molecule has 0 saturated carbocycles. The second-order valence-electron chi connectivity index (χ2n) is 5.66. The average molecular weight is 498 g/mol. The SMILES string of the molecule is OC(Cn1c[n+](CC(O)(C(F)(F)F)C(F)(F)F)c(Cl)c1Cl)(C(F)(F)F)C(F)(F)F. The van der Waals surface area contributed by atoms with Crippen LogP contribution in [0, 0.1) is 0 Å². The molecule has 0 radical (unpaired) electrons. The molecule has 0 aliphatic heterocycles. The lowest BCUT2D eigenvalue weighted by molar-refractivity contribution is -0.720. The molecule has 0 spiro atoms. The lowest BCUT2D eigenvalue weighted by atomic mass is 10.0. The monoisotopic (exact) mass is 497 g/mol. The highest BCUT2D eigenvalue weighted by Crippen LogP contribution is 2.45. The van der Waals surface area contributed by atoms with E-state index in [1.54, 1.807) is 0 Å². The summed E-state index contributed by atoms with van der Waals surface area (Å²) in [6.07, 6.45) is -25.6. The Balaban J connectivity index is 3.49. The quantitative estimate of drug-likeness (QED) is 0.491. The predicted molar refractivity (Wildman–Crippen MR) is 68.8 cm³/mol. The number of hydrogen-bond donors (Lipinski definition) is 2. The molecule has 0 saturated heterocycles. The molecule has 1 rings (SSSR count). The van der Waals surface area contributed by atoms with Crippen LogP contribution in [-0.4, -0.2) is 50.7 Å². The topological polar surface area (TPSA) is 49.3 Å². The van der Waals surface area contributed by atoms with Crippen LogP contribution in [0.15, 0.2) is 6.33 Å². The van der Waals surface area contributed by atoms with Gasteiger partial charge < -0.3 is 10.2 Å². The van der Waals surface area contributed by atoms with Gasteiger partial charge in [-0.1, -0.05) is 0 Å². The zero-order valence-electron chi connectivity index (χ0n) is 13.1. The van der Waals surface area contributed by atoms with E-state index in [2.05, 4.69) is 0 Å². The lowest BCUT2D eigenvalue weighted by Crippen LogP contribution is -2.64. The highest BCUT2D eigenvalue weighted by molar-refractivity contribution is 6.39. The van der Waals surface area contributed by atoms with Crippen molar-refractivity contribution in [3.63, 3.8) is 0 Å². The van der Waals surface area contributed by atoms with Gasteiger partial charge in [-0.3, -0.25) is 0 Å². The largest absolute Gasteiger partial charge is 0.430 e. The van der Waals surface area contributed by atoms with Crippen LogP contribution in [0.2, 0.25) is 10.3 Å². The maximum atomic E-state index is 12.7. The van der Waals surface area contributed by atoms with Crippen molar-refractivity contribution in [2.75, 3.05) is 0 Å². The van der Waals surface area contributed by atoms with Crippen LogP contribution >= 0.6 is 23.2 Å². The highest BCUT2D eigenvalue weighted by atomic mass is 35.5. The van der Waals surface area contributed by atoms with Gasteiger partial charge in [0, 0.05) is 0 Å². The van der Waals surface area contributed by atoms with Crippen LogP contribution in [-0.2, 0) is 13.1 Å². The van der Waals surface area contributed by atoms with E-state index in [0.29, 0.717) is 0 Å². The second-order valence-corrected chi connectivity index (χ2v) is 6.38. The van der Waals surface area contributed by atoms with Crippen molar-refractivity contribution in [2.24, 2.45) is 0 Å². The molecule has 1 heterocycles. The van der Waals surface area contributed by atoms with Gasteiger partial charge in [-0.2, -0.15) is 52.7 Å². The smallest absolute Gasteiger partial charge is 0.371 e. The van der Waals surface area contributed by atoms with Gasteiger partial charge in [0.15, 0.2) is 0 Å². The molecule has 1 aromatic heterocycles. The first-order valence-corrected chi connectivity index (χ1v) is 7.40. The minimum atomic E-state index is -6.37. The van der Waals surface area contributed by atoms with E-state index in [0.717, 1.165) is 0 Å². The number of aliphatic hydroxyl groups is 2. The van der Waals surface area contributed by atoms with Crippen molar-refractivity contribution in [1.82, 2.24) is 4.57 Å². The Morgan fingerprint density at radius 1 is 0.724 bits per heavy atom. The van der Waals surface area contributed by atoms with Crippen molar-refractivity contribution >= 4 is 23.2 Å². The summed E-state index contributed by atoms with van der Waals surface area (Å²) in [5.74, 6) is 0. The summed E-state index contributed by atoms with van der Waals surface area (Å²) in [5, 5.41) is 15.4. The molecule has 0 aliphatic rings. The molecule has 1 aromatic rings. The van der Waals surface area contributed by atoms with E-state index in [-0.39, 0.29) is 15.5 Å². The van der Waals surface area contributed by atoms with Crippen LogP contribution in [0.4, 0.5) is 52.7 Å². The van der Waals surface area contributed by atoms with Crippen molar-refractivity contribution in [3.05, 3.63) is 16.6 Å². The van der Waals surface area contributed by atoms with E-state index >= 15 is 0 Å². The first kappa shape index (κ1) is 25.9. The van der Waals surface area contributed by atoms with Crippen LogP contribution in [0.3, 0.4) is 0 Å². The molecule has 0 bridgehead atoms. The van der Waals surface area contributed by atoms with E-state index in [1.165, 1.54) is 0 Å². The Morgan fingerprint density at radius 2 is 1.07 bits per heavy atom. The Bertz CT molecular complexity index is 661. The van der Waals surface area contributed by atoms with E-state index in [1.807, 2.05) is 0 Å². The first-order chi connectivity index (χ1) is 12.5. The average Bonchev–Trinajstić information content (AvgIpc) is 2.70. The summed E-state index contributed by atoms with van der Waals surface area (Å²) >= 11 is 10.6. The fourth-order valence-corrected chi connectivity index (χ4v) is 2.32. The van der Waals surface area contributed by atoms with E-state index in [9.17, 15) is 52.7 Å². The molecule has 4 nitrogen and oxygen atoms in total. The number of halogens is 14. The van der Waals surface area contributed by atoms with Crippen molar-refractivity contribution in [3.8, 4) is 0 Å². The molecule has 29 heavy (non-hydrogen) atoms. The summed E-state index contributed by atoms with van der Waals surface area (Å²) in [6, 6.07) is 0. The Kier molecular flexibility index (Phi) is 6.46. The van der Waals surface area contributed by atoms with Gasteiger partial charge >= 0.3 is 24.7 Å². The molecule has 18 heteroatoms. The molecular formula is C11H7Cl2F12N2O2+. The van der Waals surface area contributed by atoms with Gasteiger partial charge in [0.2, 0.25) is 6.33 Å². The molecule has 0 unspecified atom stereocenters. The highest BCUT2D eigenvalue weighted by Gasteiger charge is 2.73. The number of imidazole rings is 1. The molecule has 0 aromatic carbocycles. The van der Waals surface area contributed by atoms with Gasteiger partial charge in [0.25, 0.3) is 21.5 Å². The van der Waals surface area contributed by atoms with Crippen molar-refractivity contribution < 1.29 is 67.5 Å². The molecule has 0 atom stereocenters. The maximum Gasteiger partial charge on any atom is 0.430 e. The summed E-state index contributed by atoms with van der Waals surface area (Å²) in [7, 11) is 0. The molecule has 2 N–H and O–H groups in total. The third kappa shape index (κ3) is 4.49. The summed E-state index contributed by atoms with van der Waals surface area (Å²) in [6.45, 7) is -5.02. The number of hydrogen-bond acceptors (Lipinski definition) is 2. The Morgan fingerprint density at radius 3 is 1.38 bits per heavy atom. The van der Waals surface area contributed by atoms with Crippen LogP contribution in [0.5, 0.6) is 0 Å². The molecule has 170 valence electrons. The number of aromatic nitrogens is 2. The Hall–Kier alpha value is -1.13. The Labute approximate surface area is 161 Å². The molecule has 0 aliphatic carbocycles. The molecular weight excluding hydrogens is 491 g/mol. The van der Waals surface area contributed by atoms with Gasteiger partial charge in [-0.25, -0.2) is 9.13 Å². The number of rotatable bonds is 4. The number of nitrogens with zero attached hydrogens (tertiary/aromatic N) is 2. The number of alkyl halides is 12. The van der Waals surface area contributed by atoms with Gasteiger partial charge in [-0.15, -0.1) is 0 Å². The van der Waals surface area contributed by atoms with E-state index < -0.39 is 59.3 Å². The second kappa shape index (κ2) is 7.23. The zero-order chi connectivity index (χ0) is 23.4. The normalized spacial score (nSPS) is 15.2. The van der Waals surface area contributed by atoms with Crippen LogP contribution in [0.1, 0.15) is 0 Å². The lowest BCUT2D eigenvalue weighted by Gasteiger charge is -2.31. The van der Waals surface area contributed by atoms with Gasteiger partial charge in [-0.05, 0) is 23.2 Å². The van der Waals surface area contributed by atoms with Gasteiger partial charge in [0.1, 0.15) is 13.1 Å². The third-order valence-electron chi connectivity index (χ3n) is 3.63. The summed E-state index contributed by atoms with van der Waals surface area (Å²) < 4.78 is 152. The van der Waals surface area contributed by atoms with Crippen LogP contribution in [0.25, 0.3) is 0 Å². The van der Waals surface area contributed by atoms with Gasteiger partial charge in [0.05, 0.1) is 0 Å². The fourth-order valence-electron chi connectivity index (χ4n) is 1.90. The third-order valence-corrected chi connectivity index (χ3v) is 4.52. The van der Waals surface area contributed by atoms with Crippen molar-refractivity contribution in [2.45, 2.75) is 49.0 Å². The first-order valence-electron chi connectivity index (χ1n) is 6.65. The van der Waals surface area contributed by atoms with Crippen molar-refractivity contribution in [1.29, 1.82) is 0 Å². The zero-order valence-corrected chi connectivity index (χ0v) is 14.6.